The molecule has 1 nitrogen and oxygen atoms in total. The Morgan fingerprint density at radius 1 is 0.254 bits per heavy atom. The van der Waals surface area contributed by atoms with Crippen LogP contribution in [0.4, 0.5) is 17.1 Å². The van der Waals surface area contributed by atoms with Crippen LogP contribution in [0, 0.1) is 0 Å². The van der Waals surface area contributed by atoms with E-state index in [4.69, 9.17) is 0 Å². The van der Waals surface area contributed by atoms with Crippen LogP contribution >= 0.6 is 0 Å². The summed E-state index contributed by atoms with van der Waals surface area (Å²) in [5, 5.41) is 0. The molecule has 63 heavy (non-hydrogen) atoms. The molecule has 0 saturated heterocycles. The topological polar surface area (TPSA) is 3.24 Å². The van der Waals surface area contributed by atoms with Gasteiger partial charge in [0.25, 0.3) is 0 Å². The van der Waals surface area contributed by atoms with Crippen LogP contribution in [-0.4, -0.2) is 0 Å². The zero-order valence-electron chi connectivity index (χ0n) is 35.8. The van der Waals surface area contributed by atoms with E-state index in [0.29, 0.717) is 5.92 Å². The van der Waals surface area contributed by atoms with E-state index in [1.54, 1.807) is 0 Å². The third-order valence-electron chi connectivity index (χ3n) is 13.6. The molecule has 1 saturated carbocycles. The first-order chi connectivity index (χ1) is 31.3. The lowest BCUT2D eigenvalue weighted by atomic mass is 9.65. The fourth-order valence-corrected chi connectivity index (χ4v) is 10.6. The van der Waals surface area contributed by atoms with Crippen molar-refractivity contribution < 1.29 is 0 Å². The Labute approximate surface area is 374 Å². The van der Waals surface area contributed by atoms with E-state index in [2.05, 4.69) is 260 Å². The van der Waals surface area contributed by atoms with Gasteiger partial charge in [-0.15, -0.1) is 0 Å². The van der Waals surface area contributed by atoms with Crippen LogP contribution in [0.2, 0.25) is 0 Å². The molecule has 0 spiro atoms. The predicted molar refractivity (Wildman–Crippen MR) is 264 cm³/mol. The molecule has 9 aromatic rings. The highest BCUT2D eigenvalue weighted by molar-refractivity contribution is 5.78. The Kier molecular flexibility index (Phi) is 11.4. The summed E-state index contributed by atoms with van der Waals surface area (Å²) in [5.74, 6) is 0.643. The fraction of sp³-hybridized carbons (Fsp3) is 0.129. The maximum absolute atomic E-state index is 2.43. The maximum Gasteiger partial charge on any atom is 0.0701 e. The van der Waals surface area contributed by atoms with E-state index in [-0.39, 0.29) is 0 Å². The van der Waals surface area contributed by atoms with Gasteiger partial charge in [-0.3, -0.25) is 0 Å². The zero-order valence-corrected chi connectivity index (χ0v) is 35.8. The second-order valence-corrected chi connectivity index (χ2v) is 17.1. The first-order valence-corrected chi connectivity index (χ1v) is 22.7. The molecule has 0 atom stereocenters. The maximum atomic E-state index is 2.43. The molecule has 0 unspecified atom stereocenters. The van der Waals surface area contributed by atoms with Gasteiger partial charge in [0.1, 0.15) is 0 Å². The van der Waals surface area contributed by atoms with Gasteiger partial charge in [0.15, 0.2) is 0 Å². The van der Waals surface area contributed by atoms with Gasteiger partial charge in [-0.2, -0.15) is 0 Å². The smallest absolute Gasteiger partial charge is 0.0701 e. The van der Waals surface area contributed by atoms with Crippen molar-refractivity contribution in [1.29, 1.82) is 0 Å². The van der Waals surface area contributed by atoms with E-state index >= 15 is 0 Å². The Bertz CT molecular complexity index is 2430. The summed E-state index contributed by atoms with van der Waals surface area (Å²) in [6.45, 7) is 0. The first kappa shape index (κ1) is 39.9. The second-order valence-electron chi connectivity index (χ2n) is 17.1. The largest absolute Gasteiger partial charge is 0.311 e. The summed E-state index contributed by atoms with van der Waals surface area (Å²) in [7, 11) is 0. The summed E-state index contributed by atoms with van der Waals surface area (Å²) < 4.78 is 0. The average Bonchev–Trinajstić information content (AvgIpc) is 3.38. The zero-order chi connectivity index (χ0) is 42.3. The molecule has 0 aromatic heterocycles. The van der Waals surface area contributed by atoms with Crippen LogP contribution in [-0.2, 0) is 10.8 Å². The summed E-state index contributed by atoms with van der Waals surface area (Å²) in [6, 6.07) is 94.1. The number of hydrogen-bond acceptors (Lipinski definition) is 1. The lowest BCUT2D eigenvalue weighted by Gasteiger charge is -2.37. The standard InChI is InChI=1S/C62H53N/c1-8-22-48(23-9-1)49-36-42-58(43-37-49)63(59-44-38-56(39-45-59)61(50-24-10-2-11-25-50,51-26-12-3-13-27-51)52-28-14-4-15-29-52)60-46-40-57(41-47-60)62(53-30-16-5-17-31-53,54-32-18-6-19-33-54)55-34-20-7-21-35-55/h2-7,10-21,24-48H,1,8-9,22-23H2. The quantitative estimate of drug-likeness (QED) is 0.111. The van der Waals surface area contributed by atoms with Crippen molar-refractivity contribution in [2.24, 2.45) is 0 Å². The highest BCUT2D eigenvalue weighted by Crippen LogP contribution is 2.48. The van der Waals surface area contributed by atoms with Crippen LogP contribution in [0.5, 0.6) is 0 Å². The SMILES string of the molecule is c1ccc(C(c2ccccc2)(c2ccccc2)c2ccc(N(c3ccc(C4CCCCC4)cc3)c3ccc(C(c4ccccc4)(c4ccccc4)c4ccccc4)cc3)cc2)cc1. The van der Waals surface area contributed by atoms with Gasteiger partial charge in [-0.05, 0) is 105 Å². The molecule has 10 rings (SSSR count). The van der Waals surface area contributed by atoms with E-state index in [9.17, 15) is 0 Å². The van der Waals surface area contributed by atoms with Gasteiger partial charge < -0.3 is 4.90 Å². The van der Waals surface area contributed by atoms with Crippen molar-refractivity contribution in [1.82, 2.24) is 0 Å². The van der Waals surface area contributed by atoms with Crippen molar-refractivity contribution in [3.63, 3.8) is 0 Å². The molecule has 306 valence electrons. The summed E-state index contributed by atoms with van der Waals surface area (Å²) in [6.07, 6.45) is 6.57. The van der Waals surface area contributed by atoms with Crippen LogP contribution in [0.1, 0.15) is 88.1 Å². The fourth-order valence-electron chi connectivity index (χ4n) is 10.6. The molecule has 0 radical (unpaired) electrons. The number of rotatable bonds is 12. The Morgan fingerprint density at radius 3 is 0.762 bits per heavy atom. The second kappa shape index (κ2) is 18.0. The highest BCUT2D eigenvalue weighted by Gasteiger charge is 2.40. The van der Waals surface area contributed by atoms with Gasteiger partial charge in [0, 0.05) is 17.1 Å². The van der Waals surface area contributed by atoms with Crippen LogP contribution < -0.4 is 4.90 Å². The molecule has 1 aliphatic carbocycles. The van der Waals surface area contributed by atoms with Crippen molar-refractivity contribution in [3.05, 3.63) is 305 Å². The van der Waals surface area contributed by atoms with E-state index in [0.717, 1.165) is 17.1 Å². The first-order valence-electron chi connectivity index (χ1n) is 22.7. The monoisotopic (exact) mass is 811 g/mol. The van der Waals surface area contributed by atoms with Crippen LogP contribution in [0.25, 0.3) is 0 Å². The third-order valence-corrected chi connectivity index (χ3v) is 13.6. The van der Waals surface area contributed by atoms with E-state index in [1.165, 1.54) is 82.2 Å². The molecule has 0 bridgehead atoms. The molecule has 1 heteroatoms. The number of anilines is 3. The molecule has 1 aliphatic rings. The Morgan fingerprint density at radius 2 is 0.492 bits per heavy atom. The minimum absolute atomic E-state index is 0.522. The number of nitrogens with zero attached hydrogens (tertiary/aromatic N) is 1. The number of hydrogen-bond donors (Lipinski definition) is 0. The van der Waals surface area contributed by atoms with Gasteiger partial charge in [0.05, 0.1) is 10.8 Å². The lowest BCUT2D eigenvalue weighted by Crippen LogP contribution is -2.31. The normalized spacial score (nSPS) is 13.3. The average molecular weight is 812 g/mol. The molecule has 0 aliphatic heterocycles. The minimum atomic E-state index is -0.522. The number of benzene rings is 9. The molecule has 1 fully saturated rings. The van der Waals surface area contributed by atoms with Gasteiger partial charge in [-0.25, -0.2) is 0 Å². The van der Waals surface area contributed by atoms with E-state index < -0.39 is 10.8 Å². The van der Waals surface area contributed by atoms with Crippen molar-refractivity contribution in [2.45, 2.75) is 48.9 Å². The molecule has 0 heterocycles. The van der Waals surface area contributed by atoms with Gasteiger partial charge in [-0.1, -0.05) is 238 Å². The summed E-state index contributed by atoms with van der Waals surface area (Å²) >= 11 is 0. The predicted octanol–water partition coefficient (Wildman–Crippen LogP) is 16.0. The van der Waals surface area contributed by atoms with Gasteiger partial charge >= 0.3 is 0 Å². The van der Waals surface area contributed by atoms with Crippen molar-refractivity contribution >= 4 is 17.1 Å². The molecular formula is C62H53N. The lowest BCUT2D eigenvalue weighted by molar-refractivity contribution is 0.443. The Balaban J connectivity index is 1.13. The third kappa shape index (κ3) is 7.49. The van der Waals surface area contributed by atoms with Crippen LogP contribution in [0.15, 0.2) is 255 Å². The summed E-state index contributed by atoms with van der Waals surface area (Å²) in [4.78, 5) is 2.43. The minimum Gasteiger partial charge on any atom is -0.311 e. The highest BCUT2D eigenvalue weighted by atomic mass is 15.1. The Hall–Kier alpha value is -7.22. The molecule has 0 N–H and O–H groups in total. The molecule has 9 aromatic carbocycles. The summed E-state index contributed by atoms with van der Waals surface area (Å²) in [5.41, 5.74) is 13.6. The van der Waals surface area contributed by atoms with Crippen LogP contribution in [0.3, 0.4) is 0 Å². The van der Waals surface area contributed by atoms with Crippen molar-refractivity contribution in [2.75, 3.05) is 4.90 Å². The van der Waals surface area contributed by atoms with Gasteiger partial charge in [0.2, 0.25) is 0 Å². The molecule has 0 amide bonds. The van der Waals surface area contributed by atoms with E-state index in [1.807, 2.05) is 0 Å². The van der Waals surface area contributed by atoms with Crippen molar-refractivity contribution in [3.8, 4) is 0 Å². The molecular weight excluding hydrogens is 759 g/mol.